The van der Waals surface area contributed by atoms with Crippen LogP contribution in [-0.2, 0) is 4.79 Å². The third kappa shape index (κ3) is 3.37. The highest BCUT2D eigenvalue weighted by atomic mass is 32.2. The molecule has 0 radical (unpaired) electrons. The molecule has 0 aromatic heterocycles. The maximum atomic E-state index is 12.3. The zero-order valence-electron chi connectivity index (χ0n) is 12.7. The van der Waals surface area contributed by atoms with E-state index >= 15 is 0 Å². The van der Waals surface area contributed by atoms with Crippen LogP contribution in [0.3, 0.4) is 0 Å². The highest BCUT2D eigenvalue weighted by molar-refractivity contribution is 8.00. The number of benzene rings is 1. The summed E-state index contributed by atoms with van der Waals surface area (Å²) in [6.07, 6.45) is 5.18. The molecule has 4 atom stereocenters. The van der Waals surface area contributed by atoms with Gasteiger partial charge >= 0.3 is 0 Å². The van der Waals surface area contributed by atoms with Crippen LogP contribution in [0.2, 0.25) is 0 Å². The molecule has 3 rings (SSSR count). The number of hydrogen-bond acceptors (Lipinski definition) is 3. The molecule has 0 unspecified atom stereocenters. The Hall–Kier alpha value is -1.16. The molecule has 0 aliphatic heterocycles. The van der Waals surface area contributed by atoms with Crippen molar-refractivity contribution in [1.29, 1.82) is 0 Å². The van der Waals surface area contributed by atoms with Crippen molar-refractivity contribution >= 4 is 17.7 Å². The molecule has 1 aromatic rings. The fraction of sp³-hybridized carbons (Fsp3) is 0.588. The van der Waals surface area contributed by atoms with Crippen molar-refractivity contribution in [3.63, 3.8) is 0 Å². The molecule has 3 nitrogen and oxygen atoms in total. The van der Waals surface area contributed by atoms with Gasteiger partial charge in [-0.25, -0.2) is 0 Å². The Morgan fingerprint density at radius 1 is 1.29 bits per heavy atom. The zero-order chi connectivity index (χ0) is 14.8. The highest BCUT2D eigenvalue weighted by Crippen LogP contribution is 2.44. The molecule has 0 spiro atoms. The van der Waals surface area contributed by atoms with Crippen LogP contribution in [0.5, 0.6) is 5.75 Å². The van der Waals surface area contributed by atoms with Crippen LogP contribution in [0.15, 0.2) is 29.2 Å². The van der Waals surface area contributed by atoms with Crippen molar-refractivity contribution in [2.75, 3.05) is 7.11 Å². The average Bonchev–Trinajstić information content (AvgIpc) is 3.10. The van der Waals surface area contributed by atoms with Gasteiger partial charge in [-0.15, -0.1) is 11.8 Å². The van der Waals surface area contributed by atoms with E-state index in [2.05, 4.69) is 5.32 Å². The molecule has 1 amide bonds. The second-order valence-corrected chi connectivity index (χ2v) is 7.64. The predicted molar refractivity (Wildman–Crippen MR) is 85.7 cm³/mol. The van der Waals surface area contributed by atoms with E-state index in [-0.39, 0.29) is 11.2 Å². The summed E-state index contributed by atoms with van der Waals surface area (Å²) >= 11 is 1.61. The van der Waals surface area contributed by atoms with Crippen LogP contribution >= 0.6 is 11.8 Å². The average molecular weight is 305 g/mol. The molecule has 0 heterocycles. The molecule has 0 saturated heterocycles. The summed E-state index contributed by atoms with van der Waals surface area (Å²) in [5.74, 6) is 2.62. The first-order valence-corrected chi connectivity index (χ1v) is 8.64. The van der Waals surface area contributed by atoms with Gasteiger partial charge in [-0.2, -0.15) is 0 Å². The summed E-state index contributed by atoms with van der Waals surface area (Å²) in [5, 5.41) is 3.21. The molecule has 2 aliphatic carbocycles. The normalized spacial score (nSPS) is 28.4. The molecule has 2 bridgehead atoms. The SMILES string of the molecule is COc1ccc(S[C@@H](C)C(=O)N[C@H]2C[C@H]3CC[C@H]2C3)cc1. The van der Waals surface area contributed by atoms with Crippen LogP contribution in [0.1, 0.15) is 32.6 Å². The smallest absolute Gasteiger partial charge is 0.233 e. The molecule has 2 fully saturated rings. The molecule has 1 N–H and O–H groups in total. The lowest BCUT2D eigenvalue weighted by molar-refractivity contribution is -0.121. The Morgan fingerprint density at radius 3 is 2.62 bits per heavy atom. The van der Waals surface area contributed by atoms with Gasteiger partial charge in [-0.1, -0.05) is 6.42 Å². The Morgan fingerprint density at radius 2 is 2.05 bits per heavy atom. The number of carbonyl (C=O) groups excluding carboxylic acids is 1. The Balaban J connectivity index is 1.52. The van der Waals surface area contributed by atoms with Gasteiger partial charge in [0.15, 0.2) is 0 Å². The number of methoxy groups -OCH3 is 1. The van der Waals surface area contributed by atoms with Gasteiger partial charge in [0, 0.05) is 10.9 Å². The maximum Gasteiger partial charge on any atom is 0.233 e. The van der Waals surface area contributed by atoms with E-state index in [4.69, 9.17) is 4.74 Å². The van der Waals surface area contributed by atoms with Gasteiger partial charge in [0.2, 0.25) is 5.91 Å². The lowest BCUT2D eigenvalue weighted by atomic mass is 9.95. The van der Waals surface area contributed by atoms with Crippen molar-refractivity contribution in [3.05, 3.63) is 24.3 Å². The number of thioether (sulfide) groups is 1. The minimum Gasteiger partial charge on any atom is -0.497 e. The van der Waals surface area contributed by atoms with Crippen LogP contribution in [0.25, 0.3) is 0 Å². The van der Waals surface area contributed by atoms with Crippen molar-refractivity contribution in [3.8, 4) is 5.75 Å². The molecule has 2 aliphatic rings. The first-order valence-electron chi connectivity index (χ1n) is 7.77. The molecule has 1 aromatic carbocycles. The molecule has 4 heteroatoms. The van der Waals surface area contributed by atoms with E-state index in [0.29, 0.717) is 6.04 Å². The fourth-order valence-corrected chi connectivity index (χ4v) is 4.51. The monoisotopic (exact) mass is 305 g/mol. The van der Waals surface area contributed by atoms with Gasteiger partial charge in [0.1, 0.15) is 5.75 Å². The van der Waals surface area contributed by atoms with Gasteiger partial charge in [-0.3, -0.25) is 4.79 Å². The fourth-order valence-electron chi connectivity index (χ4n) is 3.63. The molecule has 2 saturated carbocycles. The number of ether oxygens (including phenoxy) is 1. The van der Waals surface area contributed by atoms with E-state index in [1.165, 1.54) is 25.7 Å². The van der Waals surface area contributed by atoms with Crippen molar-refractivity contribution in [2.24, 2.45) is 11.8 Å². The summed E-state index contributed by atoms with van der Waals surface area (Å²) in [6, 6.07) is 8.30. The number of rotatable bonds is 5. The van der Waals surface area contributed by atoms with Gasteiger partial charge < -0.3 is 10.1 Å². The van der Waals surface area contributed by atoms with Gasteiger partial charge in [0.25, 0.3) is 0 Å². The van der Waals surface area contributed by atoms with Crippen molar-refractivity contribution < 1.29 is 9.53 Å². The largest absolute Gasteiger partial charge is 0.497 e. The van der Waals surface area contributed by atoms with E-state index < -0.39 is 0 Å². The Bertz CT molecular complexity index is 502. The number of carbonyl (C=O) groups is 1. The quantitative estimate of drug-likeness (QED) is 0.846. The first kappa shape index (κ1) is 14.8. The minimum atomic E-state index is -0.0579. The zero-order valence-corrected chi connectivity index (χ0v) is 13.5. The summed E-state index contributed by atoms with van der Waals surface area (Å²) in [5.41, 5.74) is 0. The minimum absolute atomic E-state index is 0.0579. The first-order chi connectivity index (χ1) is 10.2. The van der Waals surface area contributed by atoms with E-state index in [1.807, 2.05) is 31.2 Å². The van der Waals surface area contributed by atoms with Gasteiger partial charge in [0.05, 0.1) is 12.4 Å². The third-order valence-electron chi connectivity index (χ3n) is 4.81. The third-order valence-corrected chi connectivity index (χ3v) is 5.92. The maximum absolute atomic E-state index is 12.3. The summed E-state index contributed by atoms with van der Waals surface area (Å²) in [7, 11) is 1.66. The van der Waals surface area contributed by atoms with Crippen LogP contribution in [0, 0.1) is 11.8 Å². The van der Waals surface area contributed by atoms with Gasteiger partial charge in [-0.05, 0) is 62.3 Å². The summed E-state index contributed by atoms with van der Waals surface area (Å²) in [6.45, 7) is 1.98. The summed E-state index contributed by atoms with van der Waals surface area (Å²) < 4.78 is 5.15. The van der Waals surface area contributed by atoms with Crippen LogP contribution in [-0.4, -0.2) is 24.3 Å². The van der Waals surface area contributed by atoms with E-state index in [1.54, 1.807) is 18.9 Å². The summed E-state index contributed by atoms with van der Waals surface area (Å²) in [4.78, 5) is 13.4. The molecular formula is C17H23NO2S. The van der Waals surface area contributed by atoms with Crippen LogP contribution in [0.4, 0.5) is 0 Å². The Kier molecular flexibility index (Phi) is 4.43. The lowest BCUT2D eigenvalue weighted by Gasteiger charge is -2.24. The second kappa shape index (κ2) is 6.30. The lowest BCUT2D eigenvalue weighted by Crippen LogP contribution is -2.42. The Labute approximate surface area is 130 Å². The predicted octanol–water partition coefficient (Wildman–Crippen LogP) is 3.48. The second-order valence-electron chi connectivity index (χ2n) is 6.23. The molecule has 21 heavy (non-hydrogen) atoms. The molecule has 114 valence electrons. The van der Waals surface area contributed by atoms with Crippen LogP contribution < -0.4 is 10.1 Å². The number of hydrogen-bond donors (Lipinski definition) is 1. The highest BCUT2D eigenvalue weighted by Gasteiger charge is 2.40. The van der Waals surface area contributed by atoms with Crippen molar-refractivity contribution in [2.45, 2.75) is 48.8 Å². The topological polar surface area (TPSA) is 38.3 Å². The standard InChI is InChI=1S/C17H23NO2S/c1-11(21-15-7-5-14(20-2)6-8-15)17(19)18-16-10-12-3-4-13(16)9-12/h5-8,11-13,16H,3-4,9-10H2,1-2H3,(H,18,19)/t11-,12-,13-,16-/m0/s1. The number of amides is 1. The van der Waals surface area contributed by atoms with E-state index in [9.17, 15) is 4.79 Å². The number of nitrogens with one attached hydrogen (secondary N) is 1. The molecular weight excluding hydrogens is 282 g/mol. The number of fused-ring (bicyclic) bond motifs is 2. The van der Waals surface area contributed by atoms with Crippen molar-refractivity contribution in [1.82, 2.24) is 5.32 Å². The van der Waals surface area contributed by atoms with E-state index in [0.717, 1.165) is 22.5 Å².